The Kier molecular flexibility index (Phi) is 6.70. The number of hydrogen-bond donors (Lipinski definition) is 1. The van der Waals surface area contributed by atoms with Gasteiger partial charge in [0, 0.05) is 18.1 Å². The number of non-ortho nitro benzene ring substituents is 1. The first-order chi connectivity index (χ1) is 16.8. The lowest BCUT2D eigenvalue weighted by atomic mass is 10.1. The van der Waals surface area contributed by atoms with E-state index < -0.39 is 33.8 Å². The molecule has 1 aliphatic rings. The molecule has 0 bridgehead atoms. The molecule has 2 aromatic carbocycles. The van der Waals surface area contributed by atoms with Crippen LogP contribution in [0.2, 0.25) is 5.02 Å². The second-order valence-corrected chi connectivity index (χ2v) is 9.21. The van der Waals surface area contributed by atoms with Crippen molar-refractivity contribution in [3.05, 3.63) is 74.0 Å². The van der Waals surface area contributed by atoms with Crippen LogP contribution in [0.15, 0.2) is 36.4 Å². The van der Waals surface area contributed by atoms with Crippen molar-refractivity contribution in [2.24, 2.45) is 0 Å². The van der Waals surface area contributed by atoms with Crippen molar-refractivity contribution >= 4 is 28.9 Å². The molecule has 1 heterocycles. The van der Waals surface area contributed by atoms with Gasteiger partial charge in [0.25, 0.3) is 5.69 Å². The lowest BCUT2D eigenvalue weighted by molar-refractivity contribution is -0.384. The molecule has 1 saturated carbocycles. The molecule has 0 aliphatic heterocycles. The van der Waals surface area contributed by atoms with E-state index in [9.17, 15) is 28.1 Å². The summed E-state index contributed by atoms with van der Waals surface area (Å²) in [6, 6.07) is 8.03. The number of nitrogens with one attached hydrogen (secondary N) is 1. The monoisotopic (exact) mass is 522 g/mol. The number of nitro benzene ring substituents is 1. The number of ether oxygens (including phenoxy) is 1. The second-order valence-electron chi connectivity index (χ2n) is 8.83. The Morgan fingerprint density at radius 3 is 2.33 bits per heavy atom. The highest BCUT2D eigenvalue weighted by molar-refractivity contribution is 6.32. The van der Waals surface area contributed by atoms with Gasteiger partial charge in [-0.15, -0.1) is 0 Å². The maximum Gasteiger partial charge on any atom is 0.436 e. The number of carbonyl (C=O) groups excluding carboxylic acids is 1. The van der Waals surface area contributed by atoms with Gasteiger partial charge in [-0.05, 0) is 56.9 Å². The number of anilines is 1. The predicted molar refractivity (Wildman–Crippen MR) is 127 cm³/mol. The molecule has 12 heteroatoms. The van der Waals surface area contributed by atoms with Gasteiger partial charge < -0.3 is 10.1 Å². The normalized spacial score (nSPS) is 14.4. The Labute approximate surface area is 209 Å². The molecule has 8 nitrogen and oxygen atoms in total. The van der Waals surface area contributed by atoms with Crippen LogP contribution in [0.5, 0.6) is 11.5 Å². The number of nitro groups is 1. The van der Waals surface area contributed by atoms with E-state index in [2.05, 4.69) is 10.4 Å². The summed E-state index contributed by atoms with van der Waals surface area (Å²) in [6.07, 6.45) is -3.50. The number of aromatic nitrogens is 2. The number of carbonyl (C=O) groups is 1. The van der Waals surface area contributed by atoms with Crippen molar-refractivity contribution in [2.75, 3.05) is 5.32 Å². The van der Waals surface area contributed by atoms with E-state index in [1.54, 1.807) is 12.1 Å². The molecule has 1 aromatic heterocycles. The van der Waals surface area contributed by atoms with Crippen LogP contribution in [0.1, 0.15) is 54.2 Å². The van der Waals surface area contributed by atoms with Gasteiger partial charge in [-0.3, -0.25) is 19.6 Å². The molecule has 36 heavy (non-hydrogen) atoms. The topological polar surface area (TPSA) is 99.3 Å². The van der Waals surface area contributed by atoms with Crippen LogP contribution in [0, 0.1) is 24.0 Å². The molecule has 1 N–H and O–H groups in total. The van der Waals surface area contributed by atoms with E-state index >= 15 is 0 Å². The average Bonchev–Trinajstić information content (AvgIpc) is 3.53. The largest absolute Gasteiger partial charge is 0.457 e. The fourth-order valence-electron chi connectivity index (χ4n) is 3.93. The van der Waals surface area contributed by atoms with Gasteiger partial charge in [0.2, 0.25) is 5.91 Å². The maximum atomic E-state index is 13.4. The SMILES string of the molecule is Cc1cc(C)cc(Oc2cc(NC(=O)C(C)n3nc(C(F)(F)F)c(Cl)c3C3CC3)cc([N+](=O)[O-])c2)c1. The zero-order valence-corrected chi connectivity index (χ0v) is 20.3. The number of benzene rings is 2. The summed E-state index contributed by atoms with van der Waals surface area (Å²) in [6.45, 7) is 5.14. The first-order valence-electron chi connectivity index (χ1n) is 11.0. The van der Waals surface area contributed by atoms with E-state index in [1.807, 2.05) is 19.9 Å². The Balaban J connectivity index is 1.63. The van der Waals surface area contributed by atoms with Gasteiger partial charge in [0.15, 0.2) is 5.69 Å². The second kappa shape index (κ2) is 9.45. The molecule has 0 spiro atoms. The average molecular weight is 523 g/mol. The predicted octanol–water partition coefficient (Wildman–Crippen LogP) is 6.95. The molecule has 4 rings (SSSR count). The third-order valence-corrected chi connectivity index (χ3v) is 6.04. The Morgan fingerprint density at radius 2 is 1.78 bits per heavy atom. The molecule has 1 unspecified atom stereocenters. The van der Waals surface area contributed by atoms with Crippen LogP contribution in [0.3, 0.4) is 0 Å². The summed E-state index contributed by atoms with van der Waals surface area (Å²) in [5.74, 6) is -0.370. The number of nitrogens with zero attached hydrogens (tertiary/aromatic N) is 3. The smallest absolute Gasteiger partial charge is 0.436 e. The van der Waals surface area contributed by atoms with Gasteiger partial charge in [-0.1, -0.05) is 17.7 Å². The van der Waals surface area contributed by atoms with Crippen molar-refractivity contribution in [1.29, 1.82) is 0 Å². The van der Waals surface area contributed by atoms with E-state index in [-0.39, 0.29) is 28.7 Å². The van der Waals surface area contributed by atoms with Crippen molar-refractivity contribution in [2.45, 2.75) is 51.7 Å². The fourth-order valence-corrected chi connectivity index (χ4v) is 4.32. The number of aryl methyl sites for hydroxylation is 2. The molecule has 0 radical (unpaired) electrons. The molecule has 1 fully saturated rings. The molecule has 0 saturated heterocycles. The minimum atomic E-state index is -4.78. The lowest BCUT2D eigenvalue weighted by Crippen LogP contribution is -2.26. The summed E-state index contributed by atoms with van der Waals surface area (Å²) in [5.41, 5.74) is 0.484. The van der Waals surface area contributed by atoms with E-state index in [1.165, 1.54) is 19.1 Å². The molecule has 1 atom stereocenters. The summed E-state index contributed by atoms with van der Waals surface area (Å²) in [5, 5.41) is 17.1. The maximum absolute atomic E-state index is 13.4. The fraction of sp³-hybridized carbons (Fsp3) is 0.333. The molecule has 1 aliphatic carbocycles. The van der Waals surface area contributed by atoms with Crippen molar-refractivity contribution in [3.63, 3.8) is 0 Å². The molecular formula is C24H22ClF3N4O4. The van der Waals surface area contributed by atoms with Crippen LogP contribution in [0.25, 0.3) is 0 Å². The highest BCUT2D eigenvalue weighted by Crippen LogP contribution is 2.47. The minimum Gasteiger partial charge on any atom is -0.457 e. The van der Waals surface area contributed by atoms with Crippen molar-refractivity contribution < 1.29 is 27.6 Å². The zero-order valence-electron chi connectivity index (χ0n) is 19.5. The van der Waals surface area contributed by atoms with Gasteiger partial charge in [0.1, 0.15) is 17.5 Å². The van der Waals surface area contributed by atoms with Crippen LogP contribution in [0.4, 0.5) is 24.5 Å². The van der Waals surface area contributed by atoms with Gasteiger partial charge >= 0.3 is 6.18 Å². The standard InChI is InChI=1S/C24H22ClF3N4O4/c1-12-6-13(2)8-18(7-12)36-19-10-16(9-17(11-19)32(34)35)29-23(33)14(3)31-21(15-4-5-15)20(25)22(30-31)24(26,27)28/h6-11,14-15H,4-5H2,1-3H3,(H,29,33). The number of halogens is 4. The summed E-state index contributed by atoms with van der Waals surface area (Å²) >= 11 is 6.01. The third kappa shape index (κ3) is 5.46. The first-order valence-corrected chi connectivity index (χ1v) is 11.4. The Morgan fingerprint density at radius 1 is 1.17 bits per heavy atom. The van der Waals surface area contributed by atoms with Gasteiger partial charge in [-0.2, -0.15) is 18.3 Å². The van der Waals surface area contributed by atoms with E-state index in [0.717, 1.165) is 21.9 Å². The number of hydrogen-bond acceptors (Lipinski definition) is 5. The highest BCUT2D eigenvalue weighted by Gasteiger charge is 2.43. The Bertz CT molecular complexity index is 1330. The third-order valence-electron chi connectivity index (χ3n) is 5.67. The van der Waals surface area contributed by atoms with Crippen LogP contribution >= 0.6 is 11.6 Å². The van der Waals surface area contributed by atoms with E-state index in [0.29, 0.717) is 18.6 Å². The summed E-state index contributed by atoms with van der Waals surface area (Å²) in [7, 11) is 0. The Hall–Kier alpha value is -3.60. The van der Waals surface area contributed by atoms with Crippen LogP contribution < -0.4 is 10.1 Å². The van der Waals surface area contributed by atoms with Crippen LogP contribution in [-0.4, -0.2) is 20.6 Å². The number of alkyl halides is 3. The van der Waals surface area contributed by atoms with Gasteiger partial charge in [0.05, 0.1) is 27.4 Å². The molecular weight excluding hydrogens is 501 g/mol. The quantitative estimate of drug-likeness (QED) is 0.267. The van der Waals surface area contributed by atoms with E-state index in [4.69, 9.17) is 16.3 Å². The van der Waals surface area contributed by atoms with Gasteiger partial charge in [-0.25, -0.2) is 0 Å². The van der Waals surface area contributed by atoms with Crippen molar-refractivity contribution in [3.8, 4) is 11.5 Å². The molecule has 3 aromatic rings. The summed E-state index contributed by atoms with van der Waals surface area (Å²) < 4.78 is 47.0. The van der Waals surface area contributed by atoms with Crippen molar-refractivity contribution in [1.82, 2.24) is 9.78 Å². The molecule has 190 valence electrons. The first kappa shape index (κ1) is 25.5. The number of rotatable bonds is 7. The highest BCUT2D eigenvalue weighted by atomic mass is 35.5. The number of amides is 1. The lowest BCUT2D eigenvalue weighted by Gasteiger charge is -2.16. The summed E-state index contributed by atoms with van der Waals surface area (Å²) in [4.78, 5) is 23.8. The van der Waals surface area contributed by atoms with Crippen LogP contribution in [-0.2, 0) is 11.0 Å². The minimum absolute atomic E-state index is 0.0442. The molecule has 1 amide bonds. The zero-order chi connectivity index (χ0) is 26.4.